The Morgan fingerprint density at radius 1 is 1.00 bits per heavy atom. The predicted octanol–water partition coefficient (Wildman–Crippen LogP) is 4.46. The molecule has 0 N–H and O–H groups in total. The minimum atomic E-state index is -3.57. The van der Waals surface area contributed by atoms with Crippen LogP contribution in [0.5, 0.6) is 0 Å². The second kappa shape index (κ2) is 8.86. The SMILES string of the molecule is CCN(CC)S(=O)(=O)c1ccc(C(=O)N(c2ccccc2)c2nc(C)cs2)cc1. The zero-order valence-corrected chi connectivity index (χ0v) is 18.2. The molecule has 6 nitrogen and oxygen atoms in total. The lowest BCUT2D eigenvalue weighted by Crippen LogP contribution is -2.30. The van der Waals surface area contributed by atoms with Crippen molar-refractivity contribution in [2.45, 2.75) is 25.7 Å². The summed E-state index contributed by atoms with van der Waals surface area (Å²) < 4.78 is 26.7. The van der Waals surface area contributed by atoms with E-state index in [9.17, 15) is 13.2 Å². The quantitative estimate of drug-likeness (QED) is 0.556. The number of carbonyl (C=O) groups is 1. The number of anilines is 2. The molecule has 0 unspecified atom stereocenters. The molecule has 0 aliphatic heterocycles. The number of carbonyl (C=O) groups excluding carboxylic acids is 1. The van der Waals surface area contributed by atoms with Gasteiger partial charge in [0.05, 0.1) is 16.3 Å². The standard InChI is InChI=1S/C21H23N3O3S2/c1-4-23(5-2)29(26,27)19-13-11-17(12-14-19)20(25)24(18-9-7-6-8-10-18)21-22-16(3)15-28-21/h6-15H,4-5H2,1-3H3. The maximum Gasteiger partial charge on any atom is 0.264 e. The number of para-hydroxylation sites is 1. The van der Waals surface area contributed by atoms with E-state index in [0.717, 1.165) is 5.69 Å². The van der Waals surface area contributed by atoms with Crippen molar-refractivity contribution in [3.63, 3.8) is 0 Å². The molecule has 0 fully saturated rings. The highest BCUT2D eigenvalue weighted by molar-refractivity contribution is 7.89. The number of nitrogens with zero attached hydrogens (tertiary/aromatic N) is 3. The summed E-state index contributed by atoms with van der Waals surface area (Å²) in [4.78, 5) is 19.5. The van der Waals surface area contributed by atoms with Crippen LogP contribution in [0.15, 0.2) is 64.9 Å². The molecule has 0 spiro atoms. The van der Waals surface area contributed by atoms with E-state index < -0.39 is 10.0 Å². The molecule has 1 aromatic heterocycles. The summed E-state index contributed by atoms with van der Waals surface area (Å²) >= 11 is 1.38. The van der Waals surface area contributed by atoms with Gasteiger partial charge < -0.3 is 0 Å². The predicted molar refractivity (Wildman–Crippen MR) is 116 cm³/mol. The highest BCUT2D eigenvalue weighted by atomic mass is 32.2. The monoisotopic (exact) mass is 429 g/mol. The van der Waals surface area contributed by atoms with Crippen LogP contribution in [0.2, 0.25) is 0 Å². The van der Waals surface area contributed by atoms with Gasteiger partial charge in [0.2, 0.25) is 10.0 Å². The fraction of sp³-hybridized carbons (Fsp3) is 0.238. The molecular weight excluding hydrogens is 406 g/mol. The van der Waals surface area contributed by atoms with Crippen molar-refractivity contribution in [3.8, 4) is 0 Å². The normalized spacial score (nSPS) is 11.6. The van der Waals surface area contributed by atoms with Gasteiger partial charge in [-0.25, -0.2) is 13.4 Å². The molecule has 3 rings (SSSR count). The van der Waals surface area contributed by atoms with E-state index in [-0.39, 0.29) is 10.8 Å². The van der Waals surface area contributed by atoms with Crippen LogP contribution >= 0.6 is 11.3 Å². The Labute approximate surface area is 175 Å². The van der Waals surface area contributed by atoms with Crippen LogP contribution < -0.4 is 4.90 Å². The average Bonchev–Trinajstić information content (AvgIpc) is 3.15. The van der Waals surface area contributed by atoms with Crippen molar-refractivity contribution in [3.05, 3.63) is 71.2 Å². The summed E-state index contributed by atoms with van der Waals surface area (Å²) in [6.45, 7) is 6.26. The molecule has 1 amide bonds. The van der Waals surface area contributed by atoms with E-state index in [0.29, 0.717) is 29.5 Å². The fourth-order valence-corrected chi connectivity index (χ4v) is 5.22. The Hall–Kier alpha value is -2.55. The van der Waals surface area contributed by atoms with Crippen molar-refractivity contribution < 1.29 is 13.2 Å². The van der Waals surface area contributed by atoms with E-state index in [1.807, 2.05) is 42.6 Å². The third-order valence-electron chi connectivity index (χ3n) is 4.46. The molecule has 1 heterocycles. The van der Waals surface area contributed by atoms with Crippen molar-refractivity contribution in [2.24, 2.45) is 0 Å². The van der Waals surface area contributed by atoms with Crippen molar-refractivity contribution in [1.82, 2.24) is 9.29 Å². The first-order valence-corrected chi connectivity index (χ1v) is 11.6. The zero-order chi connectivity index (χ0) is 21.0. The second-order valence-corrected chi connectivity index (χ2v) is 9.14. The lowest BCUT2D eigenvalue weighted by Gasteiger charge is -2.21. The Kier molecular flexibility index (Phi) is 6.46. The van der Waals surface area contributed by atoms with Crippen LogP contribution in [0, 0.1) is 6.92 Å². The number of hydrogen-bond donors (Lipinski definition) is 0. The van der Waals surface area contributed by atoms with E-state index in [1.165, 1.54) is 27.8 Å². The fourth-order valence-electron chi connectivity index (χ4n) is 2.95. The molecule has 0 aliphatic carbocycles. The first-order valence-electron chi connectivity index (χ1n) is 9.30. The van der Waals surface area contributed by atoms with Gasteiger partial charge in [0.25, 0.3) is 5.91 Å². The number of thiazole rings is 1. The third kappa shape index (κ3) is 4.39. The molecule has 0 saturated heterocycles. The van der Waals surface area contributed by atoms with Gasteiger partial charge in [0, 0.05) is 24.0 Å². The molecule has 0 saturated carbocycles. The summed E-state index contributed by atoms with van der Waals surface area (Å²) in [5.74, 6) is -0.266. The van der Waals surface area contributed by atoms with Crippen molar-refractivity contribution in [1.29, 1.82) is 0 Å². The Morgan fingerprint density at radius 2 is 1.62 bits per heavy atom. The van der Waals surface area contributed by atoms with E-state index in [1.54, 1.807) is 30.9 Å². The number of benzene rings is 2. The van der Waals surface area contributed by atoms with Crippen LogP contribution in [-0.2, 0) is 10.0 Å². The van der Waals surface area contributed by atoms with Gasteiger partial charge in [-0.15, -0.1) is 11.3 Å². The van der Waals surface area contributed by atoms with Gasteiger partial charge in [-0.05, 0) is 43.3 Å². The van der Waals surface area contributed by atoms with Gasteiger partial charge in [-0.1, -0.05) is 32.0 Å². The van der Waals surface area contributed by atoms with E-state index >= 15 is 0 Å². The number of amides is 1. The molecule has 0 atom stereocenters. The molecular formula is C21H23N3O3S2. The number of aryl methyl sites for hydroxylation is 1. The maximum absolute atomic E-state index is 13.3. The smallest absolute Gasteiger partial charge is 0.264 e. The minimum absolute atomic E-state index is 0.175. The third-order valence-corrected chi connectivity index (χ3v) is 7.47. The van der Waals surface area contributed by atoms with Gasteiger partial charge in [-0.2, -0.15) is 4.31 Å². The van der Waals surface area contributed by atoms with E-state index in [4.69, 9.17) is 0 Å². The number of aromatic nitrogens is 1. The van der Waals surface area contributed by atoms with Gasteiger partial charge in [-0.3, -0.25) is 9.69 Å². The molecule has 29 heavy (non-hydrogen) atoms. The van der Waals surface area contributed by atoms with Crippen LogP contribution in [0.25, 0.3) is 0 Å². The summed E-state index contributed by atoms with van der Waals surface area (Å²) in [6, 6.07) is 15.3. The number of hydrogen-bond acceptors (Lipinski definition) is 5. The second-order valence-electron chi connectivity index (χ2n) is 6.36. The number of sulfonamides is 1. The summed E-state index contributed by atoms with van der Waals surface area (Å²) in [6.07, 6.45) is 0. The van der Waals surface area contributed by atoms with Gasteiger partial charge >= 0.3 is 0 Å². The van der Waals surface area contributed by atoms with Crippen LogP contribution in [-0.4, -0.2) is 36.7 Å². The molecule has 152 valence electrons. The maximum atomic E-state index is 13.3. The van der Waals surface area contributed by atoms with Crippen LogP contribution in [0.1, 0.15) is 29.9 Å². The van der Waals surface area contributed by atoms with Gasteiger partial charge in [0.1, 0.15) is 0 Å². The van der Waals surface area contributed by atoms with Gasteiger partial charge in [0.15, 0.2) is 5.13 Å². The lowest BCUT2D eigenvalue weighted by molar-refractivity contribution is 0.0999. The van der Waals surface area contributed by atoms with Crippen molar-refractivity contribution in [2.75, 3.05) is 18.0 Å². The Bertz CT molecular complexity index is 1070. The molecule has 2 aromatic carbocycles. The van der Waals surface area contributed by atoms with E-state index in [2.05, 4.69) is 4.98 Å². The molecule has 0 bridgehead atoms. The van der Waals surface area contributed by atoms with Crippen LogP contribution in [0.4, 0.5) is 10.8 Å². The molecule has 0 aliphatic rings. The average molecular weight is 430 g/mol. The van der Waals surface area contributed by atoms with Crippen molar-refractivity contribution >= 4 is 38.1 Å². The summed E-state index contributed by atoms with van der Waals surface area (Å²) in [5.41, 5.74) is 1.92. The first kappa shape index (κ1) is 21.2. The molecule has 8 heteroatoms. The summed E-state index contributed by atoms with van der Waals surface area (Å²) in [5, 5.41) is 2.46. The topological polar surface area (TPSA) is 70.6 Å². The largest absolute Gasteiger partial charge is 0.268 e. The highest BCUT2D eigenvalue weighted by Gasteiger charge is 2.25. The number of rotatable bonds is 7. The first-order chi connectivity index (χ1) is 13.9. The molecule has 3 aromatic rings. The Morgan fingerprint density at radius 3 is 2.14 bits per heavy atom. The Balaban J connectivity index is 1.97. The van der Waals surface area contributed by atoms with Crippen LogP contribution in [0.3, 0.4) is 0 Å². The lowest BCUT2D eigenvalue weighted by atomic mass is 10.2. The highest BCUT2D eigenvalue weighted by Crippen LogP contribution is 2.30. The summed E-state index contributed by atoms with van der Waals surface area (Å²) in [7, 11) is -3.57. The molecule has 0 radical (unpaired) electrons. The zero-order valence-electron chi connectivity index (χ0n) is 16.6. The minimum Gasteiger partial charge on any atom is -0.268 e.